The number of halogens is 4. The lowest BCUT2D eigenvalue weighted by atomic mass is 9.48. The van der Waals surface area contributed by atoms with E-state index in [4.69, 9.17) is 4.55 Å². The summed E-state index contributed by atoms with van der Waals surface area (Å²) >= 11 is 0. The molecule has 0 aromatic heterocycles. The molecule has 1 aromatic carbocycles. The third-order valence-corrected chi connectivity index (χ3v) is 7.18. The van der Waals surface area contributed by atoms with E-state index >= 15 is 0 Å². The van der Waals surface area contributed by atoms with Gasteiger partial charge < -0.3 is 0 Å². The van der Waals surface area contributed by atoms with Crippen LogP contribution in [0.3, 0.4) is 0 Å². The van der Waals surface area contributed by atoms with Crippen molar-refractivity contribution in [3.05, 3.63) is 23.3 Å². The fraction of sp³-hybridized carbons (Fsp3) is 0.462. The van der Waals surface area contributed by atoms with Gasteiger partial charge in [-0.2, -0.15) is 8.42 Å². The Morgan fingerprint density at radius 2 is 1.58 bits per heavy atom. The van der Waals surface area contributed by atoms with Crippen LogP contribution >= 0.6 is 0 Å². The van der Waals surface area contributed by atoms with Crippen molar-refractivity contribution in [1.29, 1.82) is 0 Å². The van der Waals surface area contributed by atoms with Gasteiger partial charge in [0.05, 0.1) is 5.75 Å². The van der Waals surface area contributed by atoms with Crippen LogP contribution in [0.4, 0.5) is 23.2 Å². The van der Waals surface area contributed by atoms with Gasteiger partial charge in [0, 0.05) is 11.8 Å². The maximum atomic E-state index is 13.9. The number of hydrogen-bond donors (Lipinski definition) is 2. The molecule has 7 nitrogen and oxygen atoms in total. The topological polar surface area (TPSA) is 118 Å². The number of sulfonamides is 1. The molecule has 2 atom stereocenters. The molecule has 2 aliphatic carbocycles. The van der Waals surface area contributed by atoms with Crippen LogP contribution in [-0.4, -0.2) is 32.9 Å². The van der Waals surface area contributed by atoms with E-state index in [9.17, 15) is 39.2 Å². The third kappa shape index (κ3) is 2.68. The standard InChI is InChI=1S/C13H11F4NO6S2/c14-7-9(16)12(26(22,23)24)10(17)8(15)11(7)18-25(20,21)4-13-2-1-5(13)3-6(13)19/h5,18H,1-4H2,(H,22,23,24). The highest BCUT2D eigenvalue weighted by atomic mass is 32.2. The molecule has 0 aliphatic heterocycles. The van der Waals surface area contributed by atoms with Crippen LogP contribution in [0.25, 0.3) is 0 Å². The van der Waals surface area contributed by atoms with Gasteiger partial charge in [-0.1, -0.05) is 0 Å². The molecule has 0 saturated heterocycles. The third-order valence-electron chi connectivity index (χ3n) is 4.89. The zero-order chi connectivity index (χ0) is 19.7. The summed E-state index contributed by atoms with van der Waals surface area (Å²) in [5.74, 6) is -11.0. The zero-order valence-electron chi connectivity index (χ0n) is 12.7. The Hall–Kier alpha value is -1.73. The summed E-state index contributed by atoms with van der Waals surface area (Å²) in [6.45, 7) is 0. The number of rotatable bonds is 5. The number of nitrogens with one attached hydrogen (secondary N) is 1. The van der Waals surface area contributed by atoms with Gasteiger partial charge in [-0.25, -0.2) is 26.0 Å². The van der Waals surface area contributed by atoms with Crippen molar-refractivity contribution in [3.8, 4) is 0 Å². The molecule has 0 radical (unpaired) electrons. The molecular formula is C13H11F4NO6S2. The van der Waals surface area contributed by atoms with E-state index in [0.29, 0.717) is 6.42 Å². The van der Waals surface area contributed by atoms with Gasteiger partial charge in [0.15, 0.2) is 28.2 Å². The SMILES string of the molecule is O=C1CC2CCC12CS(=O)(=O)Nc1c(F)c(F)c(S(=O)(=O)O)c(F)c1F. The number of ketones is 1. The monoisotopic (exact) mass is 417 g/mol. The van der Waals surface area contributed by atoms with E-state index in [-0.39, 0.29) is 24.5 Å². The molecule has 3 rings (SSSR count). The maximum absolute atomic E-state index is 13.9. The second kappa shape index (κ2) is 5.63. The Morgan fingerprint density at radius 1 is 1.04 bits per heavy atom. The number of fused-ring (bicyclic) bond motifs is 1. The minimum absolute atomic E-state index is 0.170. The van der Waals surface area contributed by atoms with E-state index in [1.54, 1.807) is 0 Å². The smallest absolute Gasteiger partial charge is 0.299 e. The molecule has 144 valence electrons. The van der Waals surface area contributed by atoms with E-state index < -0.39 is 65.2 Å². The number of carbonyl (C=O) groups is 1. The molecule has 2 N–H and O–H groups in total. The molecule has 2 saturated carbocycles. The molecule has 2 unspecified atom stereocenters. The Morgan fingerprint density at radius 3 is 1.92 bits per heavy atom. The lowest BCUT2D eigenvalue weighted by Crippen LogP contribution is -2.61. The summed E-state index contributed by atoms with van der Waals surface area (Å²) in [6, 6.07) is 0. The van der Waals surface area contributed by atoms with E-state index in [1.165, 1.54) is 4.72 Å². The maximum Gasteiger partial charge on any atom is 0.300 e. The Balaban J connectivity index is 1.99. The second-order valence-corrected chi connectivity index (χ2v) is 9.40. The summed E-state index contributed by atoms with van der Waals surface area (Å²) in [7, 11) is -10.2. The molecule has 2 fully saturated rings. The summed E-state index contributed by atoms with van der Waals surface area (Å²) in [4.78, 5) is 9.41. The van der Waals surface area contributed by atoms with Gasteiger partial charge in [0.1, 0.15) is 11.5 Å². The van der Waals surface area contributed by atoms with Crippen molar-refractivity contribution in [1.82, 2.24) is 0 Å². The number of hydrogen-bond acceptors (Lipinski definition) is 5. The van der Waals surface area contributed by atoms with Crippen LogP contribution in [0.1, 0.15) is 19.3 Å². The Labute approximate surface area is 145 Å². The lowest BCUT2D eigenvalue weighted by Gasteiger charge is -2.56. The van der Waals surface area contributed by atoms with Crippen molar-refractivity contribution in [3.63, 3.8) is 0 Å². The molecular weight excluding hydrogens is 406 g/mol. The first kappa shape index (κ1) is 19.0. The molecule has 26 heavy (non-hydrogen) atoms. The van der Waals surface area contributed by atoms with Gasteiger partial charge in [-0.15, -0.1) is 0 Å². The molecule has 0 spiro atoms. The molecule has 0 heterocycles. The van der Waals surface area contributed by atoms with Crippen LogP contribution in [-0.2, 0) is 24.9 Å². The lowest BCUT2D eigenvalue weighted by molar-refractivity contribution is -0.156. The highest BCUT2D eigenvalue weighted by Crippen LogP contribution is 2.59. The molecule has 13 heteroatoms. The van der Waals surface area contributed by atoms with Crippen LogP contribution in [0.5, 0.6) is 0 Å². The first-order valence-corrected chi connectivity index (χ1v) is 10.3. The van der Waals surface area contributed by atoms with Gasteiger partial charge in [0.25, 0.3) is 0 Å². The second-order valence-electron chi connectivity index (χ2n) is 6.32. The van der Waals surface area contributed by atoms with Gasteiger partial charge in [-0.3, -0.25) is 14.1 Å². The van der Waals surface area contributed by atoms with Crippen LogP contribution in [0.2, 0.25) is 0 Å². The summed E-state index contributed by atoms with van der Waals surface area (Å²) in [5, 5.41) is 0. The van der Waals surface area contributed by atoms with E-state index in [1.807, 2.05) is 0 Å². The van der Waals surface area contributed by atoms with E-state index in [2.05, 4.69) is 0 Å². The number of carbonyl (C=O) groups excluding carboxylic acids is 1. The molecule has 2 aliphatic rings. The molecule has 0 amide bonds. The average molecular weight is 417 g/mol. The van der Waals surface area contributed by atoms with Crippen LogP contribution < -0.4 is 4.72 Å². The first-order valence-electron chi connectivity index (χ1n) is 7.17. The summed E-state index contributed by atoms with van der Waals surface area (Å²) in [5.41, 5.74) is -2.93. The largest absolute Gasteiger partial charge is 0.300 e. The molecule has 1 aromatic rings. The normalized spacial score (nSPS) is 25.3. The average Bonchev–Trinajstić information content (AvgIpc) is 2.50. The minimum atomic E-state index is -5.65. The number of anilines is 1. The van der Waals surface area contributed by atoms with E-state index in [0.717, 1.165) is 0 Å². The number of Topliss-reactive ketones (excluding diaryl/α,β-unsaturated/α-hetero) is 1. The van der Waals surface area contributed by atoms with Crippen molar-refractivity contribution in [2.45, 2.75) is 24.2 Å². The van der Waals surface area contributed by atoms with Gasteiger partial charge >= 0.3 is 10.1 Å². The van der Waals surface area contributed by atoms with Gasteiger partial charge in [-0.05, 0) is 18.8 Å². The van der Waals surface area contributed by atoms with Crippen molar-refractivity contribution in [2.24, 2.45) is 11.3 Å². The van der Waals surface area contributed by atoms with Crippen LogP contribution in [0, 0.1) is 34.6 Å². The van der Waals surface area contributed by atoms with Crippen molar-refractivity contribution < 1.29 is 43.7 Å². The molecule has 0 bridgehead atoms. The van der Waals surface area contributed by atoms with Gasteiger partial charge in [0.2, 0.25) is 10.0 Å². The summed E-state index contributed by atoms with van der Waals surface area (Å²) in [6.07, 6.45) is 1.09. The zero-order valence-corrected chi connectivity index (χ0v) is 14.4. The highest BCUT2D eigenvalue weighted by molar-refractivity contribution is 7.92. The fourth-order valence-electron chi connectivity index (χ4n) is 3.39. The van der Waals surface area contributed by atoms with Crippen molar-refractivity contribution >= 4 is 31.6 Å². The first-order chi connectivity index (χ1) is 11.8. The summed E-state index contributed by atoms with van der Waals surface area (Å²) < 4.78 is 111. The van der Waals surface area contributed by atoms with Crippen molar-refractivity contribution in [2.75, 3.05) is 10.5 Å². The Bertz CT molecular complexity index is 1010. The predicted octanol–water partition coefficient (Wildman–Crippen LogP) is 1.60. The minimum Gasteiger partial charge on any atom is -0.299 e. The van der Waals surface area contributed by atoms with Crippen LogP contribution in [0.15, 0.2) is 4.90 Å². The Kier molecular flexibility index (Phi) is 4.12. The quantitative estimate of drug-likeness (QED) is 0.427. The predicted molar refractivity (Wildman–Crippen MR) is 78.3 cm³/mol. The fourth-order valence-corrected chi connectivity index (χ4v) is 5.80. The number of benzene rings is 1. The highest BCUT2D eigenvalue weighted by Gasteiger charge is 2.62.